The average Bonchev–Trinajstić information content (AvgIpc) is 1.64. The van der Waals surface area contributed by atoms with E-state index in [0.717, 1.165) is 0 Å². The van der Waals surface area contributed by atoms with Crippen LogP contribution < -0.4 is 0 Å². The summed E-state index contributed by atoms with van der Waals surface area (Å²) >= 11 is 0. The normalized spacial score (nSPS) is 17.5. The molecule has 0 aromatic carbocycles. The van der Waals surface area contributed by atoms with Crippen molar-refractivity contribution < 1.29 is 10.2 Å². The summed E-state index contributed by atoms with van der Waals surface area (Å²) in [6.07, 6.45) is -1.20. The summed E-state index contributed by atoms with van der Waals surface area (Å²) in [6.45, 7) is 6.61. The van der Waals surface area contributed by atoms with Gasteiger partial charge in [0.2, 0.25) is 0 Å². The van der Waals surface area contributed by atoms with E-state index >= 15 is 0 Å². The van der Waals surface area contributed by atoms with E-state index in [1.54, 1.807) is 13.8 Å². The first-order valence-corrected chi connectivity index (χ1v) is 2.60. The first kappa shape index (κ1) is 7.66. The van der Waals surface area contributed by atoms with Gasteiger partial charge in [0.1, 0.15) is 0 Å². The van der Waals surface area contributed by atoms with Gasteiger partial charge in [0.05, 0.1) is 12.2 Å². The predicted molar refractivity (Wildman–Crippen MR) is 32.5 cm³/mol. The zero-order valence-corrected chi connectivity index (χ0v) is 5.26. The highest BCUT2D eigenvalue weighted by Crippen LogP contribution is 2.02. The molecule has 0 rings (SSSR count). The third-order valence-electron chi connectivity index (χ3n) is 1.07. The van der Waals surface area contributed by atoms with Crippen molar-refractivity contribution in [1.82, 2.24) is 0 Å². The van der Waals surface area contributed by atoms with Crippen LogP contribution >= 0.6 is 0 Å². The van der Waals surface area contributed by atoms with Crippen LogP contribution in [0, 0.1) is 0 Å². The fourth-order valence-electron chi connectivity index (χ4n) is 0.349. The Morgan fingerprint density at radius 3 is 1.50 bits per heavy atom. The molecule has 0 fully saturated rings. The molecule has 0 aliphatic rings. The van der Waals surface area contributed by atoms with E-state index in [-0.39, 0.29) is 0 Å². The largest absolute Gasteiger partial charge is 0.389 e. The number of hydrogen-bond acceptors (Lipinski definition) is 2. The minimum Gasteiger partial charge on any atom is -0.389 e. The van der Waals surface area contributed by atoms with Gasteiger partial charge in [-0.2, -0.15) is 0 Å². The zero-order chi connectivity index (χ0) is 6.73. The molecule has 2 N–H and O–H groups in total. The Balaban J connectivity index is 3.65. The van der Waals surface area contributed by atoms with Gasteiger partial charge in [0.15, 0.2) is 0 Å². The van der Waals surface area contributed by atoms with Crippen molar-refractivity contribution in [3.63, 3.8) is 0 Å². The van der Waals surface area contributed by atoms with Gasteiger partial charge in [-0.25, -0.2) is 0 Å². The van der Waals surface area contributed by atoms with Crippen LogP contribution in [0.5, 0.6) is 0 Å². The van der Waals surface area contributed by atoms with Gasteiger partial charge < -0.3 is 10.2 Å². The number of rotatable bonds is 2. The fourth-order valence-corrected chi connectivity index (χ4v) is 0.349. The second kappa shape index (κ2) is 2.84. The van der Waals surface area contributed by atoms with Gasteiger partial charge in [-0.3, -0.25) is 0 Å². The number of aliphatic hydroxyl groups excluding tert-OH is 2. The molecule has 2 heteroatoms. The van der Waals surface area contributed by atoms with Gasteiger partial charge in [-0.05, 0) is 19.4 Å². The minimum atomic E-state index is -0.602. The quantitative estimate of drug-likeness (QED) is 0.509. The summed E-state index contributed by atoms with van der Waals surface area (Å²) in [7, 11) is 0. The van der Waals surface area contributed by atoms with Crippen LogP contribution in [0.4, 0.5) is 0 Å². The molecular formula is C6H12O2. The van der Waals surface area contributed by atoms with Gasteiger partial charge in [-0.1, -0.05) is 6.58 Å². The lowest BCUT2D eigenvalue weighted by Gasteiger charge is -2.09. The Kier molecular flexibility index (Phi) is 2.72. The van der Waals surface area contributed by atoms with Gasteiger partial charge in [-0.15, -0.1) is 0 Å². The highest BCUT2D eigenvalue weighted by molar-refractivity contribution is 5.04. The smallest absolute Gasteiger partial charge is 0.0744 e. The molecule has 0 spiro atoms. The Bertz CT molecular complexity index is 74.5. The summed E-state index contributed by atoms with van der Waals surface area (Å²) < 4.78 is 0. The average molecular weight is 116 g/mol. The van der Waals surface area contributed by atoms with Crippen molar-refractivity contribution in [1.29, 1.82) is 0 Å². The second-order valence-electron chi connectivity index (χ2n) is 1.93. The van der Waals surface area contributed by atoms with Crippen molar-refractivity contribution in [2.24, 2.45) is 0 Å². The van der Waals surface area contributed by atoms with E-state index in [0.29, 0.717) is 5.57 Å². The van der Waals surface area contributed by atoms with E-state index in [4.69, 9.17) is 10.2 Å². The molecule has 0 aliphatic carbocycles. The van der Waals surface area contributed by atoms with E-state index in [1.807, 2.05) is 0 Å². The Morgan fingerprint density at radius 2 is 1.50 bits per heavy atom. The molecule has 2 atom stereocenters. The number of hydrogen-bond donors (Lipinski definition) is 2. The fraction of sp³-hybridized carbons (Fsp3) is 0.667. The van der Waals surface area contributed by atoms with Crippen molar-refractivity contribution in [3.8, 4) is 0 Å². The van der Waals surface area contributed by atoms with Crippen molar-refractivity contribution in [2.75, 3.05) is 0 Å². The predicted octanol–water partition coefficient (Wildman–Crippen LogP) is 0.304. The molecule has 0 amide bonds. The van der Waals surface area contributed by atoms with Crippen LogP contribution in [0.3, 0.4) is 0 Å². The van der Waals surface area contributed by atoms with E-state index in [9.17, 15) is 0 Å². The monoisotopic (exact) mass is 116 g/mol. The van der Waals surface area contributed by atoms with Crippen LogP contribution in [0.2, 0.25) is 0 Å². The maximum absolute atomic E-state index is 8.73. The maximum Gasteiger partial charge on any atom is 0.0744 e. The van der Waals surface area contributed by atoms with Crippen molar-refractivity contribution >= 4 is 0 Å². The minimum absolute atomic E-state index is 0.463. The second-order valence-corrected chi connectivity index (χ2v) is 1.93. The van der Waals surface area contributed by atoms with Gasteiger partial charge in [0, 0.05) is 0 Å². The Hall–Kier alpha value is -0.340. The summed E-state index contributed by atoms with van der Waals surface area (Å²) in [5.41, 5.74) is 0.463. The van der Waals surface area contributed by atoms with E-state index in [1.165, 1.54) is 0 Å². The lowest BCUT2D eigenvalue weighted by Crippen LogP contribution is -2.14. The molecule has 0 heterocycles. The van der Waals surface area contributed by atoms with Crippen molar-refractivity contribution in [3.05, 3.63) is 12.2 Å². The van der Waals surface area contributed by atoms with Gasteiger partial charge >= 0.3 is 0 Å². The molecule has 0 saturated heterocycles. The van der Waals surface area contributed by atoms with E-state index in [2.05, 4.69) is 6.58 Å². The topological polar surface area (TPSA) is 40.5 Å². The van der Waals surface area contributed by atoms with Crippen LogP contribution in [0.1, 0.15) is 13.8 Å². The summed E-state index contributed by atoms with van der Waals surface area (Å²) in [5.74, 6) is 0. The summed E-state index contributed by atoms with van der Waals surface area (Å²) in [6, 6.07) is 0. The lowest BCUT2D eigenvalue weighted by atomic mass is 10.1. The molecule has 2 nitrogen and oxygen atoms in total. The molecule has 8 heavy (non-hydrogen) atoms. The SMILES string of the molecule is C=C([C@H](C)O)[C@H](C)O. The lowest BCUT2D eigenvalue weighted by molar-refractivity contribution is 0.165. The molecule has 0 saturated carbocycles. The van der Waals surface area contributed by atoms with Crippen LogP contribution in [-0.2, 0) is 0 Å². The van der Waals surface area contributed by atoms with Crippen molar-refractivity contribution in [2.45, 2.75) is 26.1 Å². The maximum atomic E-state index is 8.73. The molecule has 0 radical (unpaired) electrons. The molecule has 0 unspecified atom stereocenters. The van der Waals surface area contributed by atoms with Crippen LogP contribution in [0.25, 0.3) is 0 Å². The zero-order valence-electron chi connectivity index (χ0n) is 5.26. The molecule has 0 bridgehead atoms. The molecule has 0 aromatic rings. The Morgan fingerprint density at radius 1 is 1.25 bits per heavy atom. The first-order chi connectivity index (χ1) is 3.55. The highest BCUT2D eigenvalue weighted by atomic mass is 16.3. The Labute approximate surface area is 49.5 Å². The molecule has 48 valence electrons. The van der Waals surface area contributed by atoms with E-state index < -0.39 is 12.2 Å². The van der Waals surface area contributed by atoms with Crippen LogP contribution in [-0.4, -0.2) is 22.4 Å². The third kappa shape index (κ3) is 2.09. The number of aliphatic hydroxyl groups is 2. The summed E-state index contributed by atoms with van der Waals surface area (Å²) in [5, 5.41) is 17.5. The first-order valence-electron chi connectivity index (χ1n) is 2.60. The van der Waals surface area contributed by atoms with Crippen LogP contribution in [0.15, 0.2) is 12.2 Å². The molecule has 0 aromatic heterocycles. The highest BCUT2D eigenvalue weighted by Gasteiger charge is 2.05. The molecular weight excluding hydrogens is 104 g/mol. The third-order valence-corrected chi connectivity index (χ3v) is 1.07. The van der Waals surface area contributed by atoms with Gasteiger partial charge in [0.25, 0.3) is 0 Å². The standard InChI is InChI=1S/C6H12O2/c1-4(5(2)7)6(3)8/h5-8H,1H2,2-3H3/t5-,6-/m0/s1. The summed E-state index contributed by atoms with van der Waals surface area (Å²) in [4.78, 5) is 0. The molecule has 0 aliphatic heterocycles.